The van der Waals surface area contributed by atoms with E-state index in [4.69, 9.17) is 4.42 Å². The maximum absolute atomic E-state index is 6.30. The zero-order valence-corrected chi connectivity index (χ0v) is 31.1. The summed E-state index contributed by atoms with van der Waals surface area (Å²) in [6.45, 7) is 0. The smallest absolute Gasteiger partial charge is 0.135 e. The third-order valence-corrected chi connectivity index (χ3v) is 12.1. The third-order valence-electron chi connectivity index (χ3n) is 12.1. The summed E-state index contributed by atoms with van der Waals surface area (Å²) >= 11 is 0. The fraction of sp³-hybridized carbons (Fsp3) is 0.0370. The highest BCUT2D eigenvalue weighted by Gasteiger charge is 2.41. The minimum Gasteiger partial charge on any atom is -0.456 e. The van der Waals surface area contributed by atoms with Crippen molar-refractivity contribution in [1.29, 1.82) is 0 Å². The molecular formula is C54H36N2O. The fourth-order valence-corrected chi connectivity index (χ4v) is 9.55. The Balaban J connectivity index is 1.07. The number of fused-ring (bicyclic) bond motifs is 9. The Hall–Kier alpha value is -7.36. The standard InChI is InChI=1S/C54H36N2O/c1-4-14-35(15-5-1)39-32-44(36-16-6-2-7-17-36)54-47-31-38(37-24-27-49-45(30-37)42-20-10-12-22-48(42)55(49)40-18-8-3-9-19-40)25-28-50(47)56(51(54)33-39)41-26-29-53-46(34-41)43-21-11-13-23-52(43)57-53/h1-34,47,50H. The molecule has 57 heavy (non-hydrogen) atoms. The van der Waals surface area contributed by atoms with Gasteiger partial charge in [-0.3, -0.25) is 0 Å². The van der Waals surface area contributed by atoms with E-state index in [0.717, 1.165) is 27.6 Å². The quantitative estimate of drug-likeness (QED) is 0.176. The number of para-hydroxylation sites is 3. The Labute approximate surface area is 330 Å². The molecule has 2 aromatic heterocycles. The first kappa shape index (κ1) is 31.9. The lowest BCUT2D eigenvalue weighted by atomic mass is 9.82. The van der Waals surface area contributed by atoms with Crippen molar-refractivity contribution < 1.29 is 4.42 Å². The molecular weight excluding hydrogens is 693 g/mol. The summed E-state index contributed by atoms with van der Waals surface area (Å²) in [4.78, 5) is 2.57. The molecule has 3 heteroatoms. The van der Waals surface area contributed by atoms with Crippen molar-refractivity contribution in [3.63, 3.8) is 0 Å². The SMILES string of the molecule is C1=CC2C(C=C1c1ccc3c(c1)c1ccccc1n3-c1ccccc1)c1c(-c3ccccc3)cc(-c3ccccc3)cc1N2c1ccc2oc3ccccc3c2c1. The predicted molar refractivity (Wildman–Crippen MR) is 238 cm³/mol. The number of furan rings is 1. The van der Waals surface area contributed by atoms with E-state index < -0.39 is 0 Å². The van der Waals surface area contributed by atoms with E-state index >= 15 is 0 Å². The summed E-state index contributed by atoms with van der Waals surface area (Å²) in [5.74, 6) is 0.109. The Morgan fingerprint density at radius 3 is 1.95 bits per heavy atom. The van der Waals surface area contributed by atoms with E-state index in [1.807, 2.05) is 6.07 Å². The normalized spacial score (nSPS) is 16.1. The van der Waals surface area contributed by atoms with Crippen molar-refractivity contribution in [3.05, 3.63) is 217 Å². The molecule has 268 valence electrons. The molecule has 12 rings (SSSR count). The molecule has 0 fully saturated rings. The van der Waals surface area contributed by atoms with Crippen LogP contribution in [0.3, 0.4) is 0 Å². The van der Waals surface area contributed by atoms with Crippen molar-refractivity contribution >= 4 is 60.7 Å². The van der Waals surface area contributed by atoms with Gasteiger partial charge in [0.1, 0.15) is 11.2 Å². The van der Waals surface area contributed by atoms with E-state index in [2.05, 4.69) is 210 Å². The molecule has 8 aromatic carbocycles. The summed E-state index contributed by atoms with van der Waals surface area (Å²) in [7, 11) is 0. The molecule has 0 bridgehead atoms. The van der Waals surface area contributed by atoms with Gasteiger partial charge in [-0.05, 0) is 106 Å². The maximum Gasteiger partial charge on any atom is 0.135 e. The summed E-state index contributed by atoms with van der Waals surface area (Å²) in [5.41, 5.74) is 16.5. The number of allylic oxidation sites excluding steroid dienone is 2. The molecule has 0 radical (unpaired) electrons. The van der Waals surface area contributed by atoms with Crippen LogP contribution in [0.5, 0.6) is 0 Å². The largest absolute Gasteiger partial charge is 0.456 e. The van der Waals surface area contributed by atoms with Gasteiger partial charge in [0.2, 0.25) is 0 Å². The van der Waals surface area contributed by atoms with Gasteiger partial charge in [-0.1, -0.05) is 140 Å². The zero-order chi connectivity index (χ0) is 37.5. The van der Waals surface area contributed by atoms with E-state index in [9.17, 15) is 0 Å². The van der Waals surface area contributed by atoms with Crippen LogP contribution in [0, 0.1) is 0 Å². The molecule has 1 aliphatic carbocycles. The van der Waals surface area contributed by atoms with Crippen LogP contribution in [0.4, 0.5) is 11.4 Å². The Kier molecular flexibility index (Phi) is 7.05. The van der Waals surface area contributed by atoms with E-state index in [1.165, 1.54) is 72.1 Å². The molecule has 0 saturated carbocycles. The van der Waals surface area contributed by atoms with Crippen LogP contribution in [0.15, 0.2) is 211 Å². The number of aromatic nitrogens is 1. The van der Waals surface area contributed by atoms with Crippen LogP contribution in [0.25, 0.3) is 77.3 Å². The van der Waals surface area contributed by atoms with Crippen LogP contribution in [0.2, 0.25) is 0 Å². The molecule has 3 nitrogen and oxygen atoms in total. The first-order valence-electron chi connectivity index (χ1n) is 19.8. The van der Waals surface area contributed by atoms with Gasteiger partial charge >= 0.3 is 0 Å². The molecule has 0 amide bonds. The second-order valence-corrected chi connectivity index (χ2v) is 15.3. The number of hydrogen-bond acceptors (Lipinski definition) is 2. The predicted octanol–water partition coefficient (Wildman–Crippen LogP) is 14.3. The van der Waals surface area contributed by atoms with Gasteiger partial charge in [-0.15, -0.1) is 0 Å². The molecule has 1 aliphatic heterocycles. The lowest BCUT2D eigenvalue weighted by molar-refractivity contribution is 0.669. The van der Waals surface area contributed by atoms with Crippen LogP contribution in [-0.2, 0) is 0 Å². The minimum atomic E-state index is 0.0802. The molecule has 3 heterocycles. The Bertz CT molecular complexity index is 3240. The summed E-state index contributed by atoms with van der Waals surface area (Å²) in [6.07, 6.45) is 7.32. The minimum absolute atomic E-state index is 0.0802. The highest BCUT2D eigenvalue weighted by molar-refractivity contribution is 6.10. The highest BCUT2D eigenvalue weighted by Crippen LogP contribution is 2.54. The second-order valence-electron chi connectivity index (χ2n) is 15.3. The summed E-state index contributed by atoms with van der Waals surface area (Å²) in [5, 5.41) is 4.79. The maximum atomic E-state index is 6.30. The van der Waals surface area contributed by atoms with Gasteiger partial charge in [0.05, 0.1) is 17.1 Å². The monoisotopic (exact) mass is 728 g/mol. The molecule has 0 N–H and O–H groups in total. The van der Waals surface area contributed by atoms with Crippen molar-refractivity contribution in [2.75, 3.05) is 4.90 Å². The summed E-state index contributed by atoms with van der Waals surface area (Å²) < 4.78 is 8.69. The van der Waals surface area contributed by atoms with Crippen molar-refractivity contribution in [2.45, 2.75) is 12.0 Å². The average molecular weight is 729 g/mol. The van der Waals surface area contributed by atoms with Gasteiger partial charge in [0.25, 0.3) is 0 Å². The first-order valence-corrected chi connectivity index (χ1v) is 19.8. The third kappa shape index (κ3) is 4.99. The molecule has 10 aromatic rings. The highest BCUT2D eigenvalue weighted by atomic mass is 16.3. The van der Waals surface area contributed by atoms with E-state index in [1.54, 1.807) is 0 Å². The Morgan fingerprint density at radius 1 is 0.439 bits per heavy atom. The fourth-order valence-electron chi connectivity index (χ4n) is 9.55. The van der Waals surface area contributed by atoms with Gasteiger partial charge in [-0.2, -0.15) is 0 Å². The van der Waals surface area contributed by atoms with Crippen molar-refractivity contribution in [3.8, 4) is 27.9 Å². The van der Waals surface area contributed by atoms with E-state index in [-0.39, 0.29) is 12.0 Å². The van der Waals surface area contributed by atoms with Gasteiger partial charge in [-0.25, -0.2) is 0 Å². The number of anilines is 2. The number of hydrogen-bond donors (Lipinski definition) is 0. The van der Waals surface area contributed by atoms with Gasteiger partial charge in [0, 0.05) is 44.5 Å². The van der Waals surface area contributed by atoms with Crippen LogP contribution in [0.1, 0.15) is 17.0 Å². The van der Waals surface area contributed by atoms with Gasteiger partial charge < -0.3 is 13.9 Å². The Morgan fingerprint density at radius 2 is 1.12 bits per heavy atom. The summed E-state index contributed by atoms with van der Waals surface area (Å²) in [6, 6.07) is 68.2. The van der Waals surface area contributed by atoms with Crippen LogP contribution < -0.4 is 4.90 Å². The van der Waals surface area contributed by atoms with Crippen LogP contribution in [-0.4, -0.2) is 10.6 Å². The molecule has 0 saturated heterocycles. The second kappa shape index (κ2) is 12.6. The molecule has 0 spiro atoms. The number of benzene rings is 8. The zero-order valence-electron chi connectivity index (χ0n) is 31.1. The van der Waals surface area contributed by atoms with Crippen molar-refractivity contribution in [2.24, 2.45) is 0 Å². The average Bonchev–Trinajstić information content (AvgIpc) is 3.94. The lowest BCUT2D eigenvalue weighted by Crippen LogP contribution is -2.29. The molecule has 2 atom stereocenters. The van der Waals surface area contributed by atoms with E-state index in [0.29, 0.717) is 0 Å². The van der Waals surface area contributed by atoms with Gasteiger partial charge in [0.15, 0.2) is 0 Å². The number of nitrogens with zero attached hydrogens (tertiary/aromatic N) is 2. The van der Waals surface area contributed by atoms with Crippen LogP contribution >= 0.6 is 0 Å². The number of rotatable bonds is 5. The molecule has 2 unspecified atom stereocenters. The van der Waals surface area contributed by atoms with Crippen molar-refractivity contribution in [1.82, 2.24) is 4.57 Å². The first-order chi connectivity index (χ1) is 28.3. The lowest BCUT2D eigenvalue weighted by Gasteiger charge is -2.30. The molecule has 2 aliphatic rings. The topological polar surface area (TPSA) is 21.3 Å².